The highest BCUT2D eigenvalue weighted by atomic mass is 19.4. The van der Waals surface area contributed by atoms with Crippen LogP contribution in [-0.4, -0.2) is 50.6 Å². The van der Waals surface area contributed by atoms with Gasteiger partial charge in [-0.1, -0.05) is 18.0 Å². The highest BCUT2D eigenvalue weighted by molar-refractivity contribution is 5.85. The molecule has 4 aliphatic rings. The minimum absolute atomic E-state index is 0.0160. The lowest BCUT2D eigenvalue weighted by molar-refractivity contribution is -0.187. The van der Waals surface area contributed by atoms with Crippen molar-refractivity contribution in [2.24, 2.45) is 5.92 Å². The van der Waals surface area contributed by atoms with Gasteiger partial charge in [0.25, 0.3) is 0 Å². The number of alkyl halides is 3. The van der Waals surface area contributed by atoms with Crippen molar-refractivity contribution in [2.45, 2.75) is 114 Å². The van der Waals surface area contributed by atoms with Crippen LogP contribution in [0.25, 0.3) is 0 Å². The summed E-state index contributed by atoms with van der Waals surface area (Å²) in [6, 6.07) is 1.72. The van der Waals surface area contributed by atoms with Gasteiger partial charge in [0.2, 0.25) is 5.95 Å². The maximum Gasteiger partial charge on any atom is 0.392 e. The number of aryl methyl sites for hydroxylation is 1. The first-order valence-electron chi connectivity index (χ1n) is 13.7. The zero-order chi connectivity index (χ0) is 26.6. The van der Waals surface area contributed by atoms with E-state index in [1.807, 2.05) is 0 Å². The van der Waals surface area contributed by atoms with E-state index >= 15 is 0 Å². The fourth-order valence-electron chi connectivity index (χ4n) is 6.86. The average Bonchev–Trinajstić information content (AvgIpc) is 3.57. The number of nitrogens with zero attached hydrogens (tertiary/aromatic N) is 4. The predicted octanol–water partition coefficient (Wildman–Crippen LogP) is 5.90. The number of hydrogen-bond donors (Lipinski definition) is 1. The van der Waals surface area contributed by atoms with Crippen LogP contribution in [0.2, 0.25) is 0 Å². The van der Waals surface area contributed by atoms with Gasteiger partial charge < -0.3 is 19.3 Å². The number of hydrogen-bond acceptors (Lipinski definition) is 7. The lowest BCUT2D eigenvalue weighted by Gasteiger charge is -2.39. The molecule has 4 fully saturated rings. The van der Waals surface area contributed by atoms with E-state index in [9.17, 15) is 23.1 Å². The van der Waals surface area contributed by atoms with Gasteiger partial charge in [0.05, 0.1) is 24.3 Å². The molecule has 11 heteroatoms. The predicted molar refractivity (Wildman–Crippen MR) is 130 cm³/mol. The zero-order valence-electron chi connectivity index (χ0n) is 21.4. The van der Waals surface area contributed by atoms with Crippen molar-refractivity contribution < 1.29 is 32.3 Å². The molecule has 8 nitrogen and oxygen atoms in total. The van der Waals surface area contributed by atoms with Crippen molar-refractivity contribution in [3.05, 3.63) is 34.5 Å². The highest BCUT2D eigenvalue weighted by Crippen LogP contribution is 2.50. The quantitative estimate of drug-likeness (QED) is 0.469. The summed E-state index contributed by atoms with van der Waals surface area (Å²) in [6.45, 7) is 1.97. The molecule has 4 unspecified atom stereocenters. The Morgan fingerprint density at radius 2 is 1.82 bits per heavy atom. The van der Waals surface area contributed by atoms with Gasteiger partial charge in [0, 0.05) is 35.2 Å². The summed E-state index contributed by atoms with van der Waals surface area (Å²) in [7, 11) is 0. The Labute approximate surface area is 218 Å². The van der Waals surface area contributed by atoms with E-state index in [0.29, 0.717) is 35.9 Å². The lowest BCUT2D eigenvalue weighted by atomic mass is 9.76. The van der Waals surface area contributed by atoms with Crippen LogP contribution in [0.1, 0.15) is 109 Å². The second-order valence-electron chi connectivity index (χ2n) is 11.4. The van der Waals surface area contributed by atoms with E-state index in [4.69, 9.17) is 9.26 Å². The van der Waals surface area contributed by atoms with Gasteiger partial charge in [0.1, 0.15) is 5.76 Å². The van der Waals surface area contributed by atoms with Gasteiger partial charge in [-0.25, -0.2) is 14.8 Å². The number of carboxylic acids is 1. The number of fused-ring (bicyclic) bond motifs is 2. The summed E-state index contributed by atoms with van der Waals surface area (Å²) < 4.78 is 53.8. The molecule has 2 aromatic rings. The van der Waals surface area contributed by atoms with Crippen LogP contribution in [0, 0.1) is 12.8 Å². The molecule has 0 radical (unpaired) electrons. The van der Waals surface area contributed by atoms with Gasteiger partial charge in [-0.05, 0) is 64.4 Å². The Bertz CT molecular complexity index is 1180. The first-order valence-corrected chi connectivity index (χ1v) is 13.7. The zero-order valence-corrected chi connectivity index (χ0v) is 21.4. The summed E-state index contributed by atoms with van der Waals surface area (Å²) in [4.78, 5) is 22.5. The number of aromatic nitrogens is 3. The molecule has 6 rings (SSSR count). The van der Waals surface area contributed by atoms with Crippen LogP contribution in [0.4, 0.5) is 19.1 Å². The molecule has 4 atom stereocenters. The Kier molecular flexibility index (Phi) is 6.60. The number of piperidine rings is 1. The highest BCUT2D eigenvalue weighted by Gasteiger charge is 2.49. The molecular formula is C27H33F3N4O4. The number of halogens is 3. The van der Waals surface area contributed by atoms with Gasteiger partial charge >= 0.3 is 12.1 Å². The number of aromatic carboxylic acids is 1. The maximum absolute atomic E-state index is 13.9. The molecule has 2 aliphatic carbocycles. The van der Waals surface area contributed by atoms with Crippen molar-refractivity contribution in [3.63, 3.8) is 0 Å². The smallest absolute Gasteiger partial charge is 0.392 e. The monoisotopic (exact) mass is 534 g/mol. The van der Waals surface area contributed by atoms with Crippen molar-refractivity contribution in [2.75, 3.05) is 4.90 Å². The minimum Gasteiger partial charge on any atom is -0.477 e. The van der Waals surface area contributed by atoms with Crippen LogP contribution in [-0.2, 0) is 11.3 Å². The molecule has 0 spiro atoms. The standard InChI is InChI=1S/C27H33F3N4O4/c1-14-10-22(25(35)36)32-26(31-14)34-16-8-9-17(34)12-18(11-16)37-13-20-23(33-38-24(20)15-6-7-15)19-4-2-3-5-21(19)27(28,29)30/h10,15-19,21H,2-9,11-13H2,1H3,(H,35,36). The number of rotatable bonds is 7. The molecule has 206 valence electrons. The lowest BCUT2D eigenvalue weighted by Crippen LogP contribution is -2.46. The summed E-state index contributed by atoms with van der Waals surface area (Å²) >= 11 is 0. The normalized spacial score (nSPS) is 29.6. The maximum atomic E-state index is 13.9. The van der Waals surface area contributed by atoms with Crippen molar-refractivity contribution >= 4 is 11.9 Å². The molecule has 2 saturated heterocycles. The minimum atomic E-state index is -4.26. The first kappa shape index (κ1) is 25.6. The fraction of sp³-hybridized carbons (Fsp3) is 0.704. The van der Waals surface area contributed by atoms with Crippen LogP contribution >= 0.6 is 0 Å². The third-order valence-electron chi connectivity index (χ3n) is 8.78. The Balaban J connectivity index is 1.19. The van der Waals surface area contributed by atoms with Gasteiger partial charge in [-0.3, -0.25) is 0 Å². The molecule has 38 heavy (non-hydrogen) atoms. The molecule has 2 aliphatic heterocycles. The molecule has 1 N–H and O–H groups in total. The van der Waals surface area contributed by atoms with E-state index in [1.165, 1.54) is 6.07 Å². The van der Waals surface area contributed by atoms with E-state index in [2.05, 4.69) is 20.0 Å². The summed E-state index contributed by atoms with van der Waals surface area (Å²) in [5, 5.41) is 13.6. The molecule has 0 aromatic carbocycles. The van der Waals surface area contributed by atoms with Crippen molar-refractivity contribution in [1.82, 2.24) is 15.1 Å². The Morgan fingerprint density at radius 1 is 1.11 bits per heavy atom. The summed E-state index contributed by atoms with van der Waals surface area (Å²) in [6.07, 6.45) is 2.87. The topological polar surface area (TPSA) is 102 Å². The first-order chi connectivity index (χ1) is 18.2. The van der Waals surface area contributed by atoms with Crippen molar-refractivity contribution in [1.29, 1.82) is 0 Å². The molecule has 0 amide bonds. The summed E-state index contributed by atoms with van der Waals surface area (Å²) in [5.41, 5.74) is 1.77. The van der Waals surface area contributed by atoms with Crippen LogP contribution in [0.3, 0.4) is 0 Å². The fourth-order valence-corrected chi connectivity index (χ4v) is 6.86. The molecule has 2 bridgehead atoms. The summed E-state index contributed by atoms with van der Waals surface area (Å²) in [5.74, 6) is -1.77. The Morgan fingerprint density at radius 3 is 2.47 bits per heavy atom. The van der Waals surface area contributed by atoms with Crippen molar-refractivity contribution in [3.8, 4) is 0 Å². The SMILES string of the molecule is Cc1cc(C(=O)O)nc(N2C3CCC2CC(OCc2c(C4CCCCC4C(F)(F)F)noc2C2CC2)C3)n1. The molecule has 2 aromatic heterocycles. The van der Waals surface area contributed by atoms with E-state index in [0.717, 1.165) is 50.5 Å². The van der Waals surface area contributed by atoms with E-state index in [1.54, 1.807) is 6.92 Å². The van der Waals surface area contributed by atoms with E-state index in [-0.39, 0.29) is 42.8 Å². The number of carbonyl (C=O) groups is 1. The van der Waals surface area contributed by atoms with Crippen LogP contribution < -0.4 is 4.90 Å². The average molecular weight is 535 g/mol. The van der Waals surface area contributed by atoms with Gasteiger partial charge in [0.15, 0.2) is 5.69 Å². The Hall–Kier alpha value is -2.69. The number of anilines is 1. The second-order valence-corrected chi connectivity index (χ2v) is 11.4. The van der Waals surface area contributed by atoms with Crippen LogP contribution in [0.15, 0.2) is 10.6 Å². The van der Waals surface area contributed by atoms with Gasteiger partial charge in [-0.2, -0.15) is 13.2 Å². The second kappa shape index (κ2) is 9.81. The number of carboxylic acid groups (broad SMARTS) is 1. The molecular weight excluding hydrogens is 501 g/mol. The number of ether oxygens (including phenoxy) is 1. The third-order valence-corrected chi connectivity index (χ3v) is 8.78. The van der Waals surface area contributed by atoms with E-state index < -0.39 is 24.0 Å². The van der Waals surface area contributed by atoms with Crippen LogP contribution in [0.5, 0.6) is 0 Å². The van der Waals surface area contributed by atoms with Gasteiger partial charge in [-0.15, -0.1) is 0 Å². The molecule has 4 heterocycles. The third kappa shape index (κ3) is 4.89. The molecule has 2 saturated carbocycles. The largest absolute Gasteiger partial charge is 0.477 e.